The van der Waals surface area contributed by atoms with E-state index in [1.165, 1.54) is 36.5 Å². The van der Waals surface area contributed by atoms with Gasteiger partial charge in [0.05, 0.1) is 38.0 Å². The molecule has 3 aliphatic carbocycles. The lowest BCUT2D eigenvalue weighted by molar-refractivity contribution is -0.141. The molecular formula is C41H35NO7S. The van der Waals surface area contributed by atoms with Crippen LogP contribution in [-0.2, 0) is 31.1 Å². The van der Waals surface area contributed by atoms with Crippen LogP contribution >= 0.6 is 11.3 Å². The number of ether oxygens (including phenoxy) is 2. The van der Waals surface area contributed by atoms with Crippen molar-refractivity contribution in [3.05, 3.63) is 130 Å². The summed E-state index contributed by atoms with van der Waals surface area (Å²) < 4.78 is 11.2. The smallest absolute Gasteiger partial charge is 0.234 e. The molecule has 2 amide bonds. The zero-order chi connectivity index (χ0) is 34.7. The van der Waals surface area contributed by atoms with Crippen LogP contribution in [0.25, 0.3) is 5.57 Å². The maximum Gasteiger partial charge on any atom is 0.234 e. The van der Waals surface area contributed by atoms with Crippen molar-refractivity contribution in [1.82, 2.24) is 4.90 Å². The van der Waals surface area contributed by atoms with Gasteiger partial charge in [-0.3, -0.25) is 24.1 Å². The molecule has 6 atom stereocenters. The second-order valence-corrected chi connectivity index (χ2v) is 14.4. The summed E-state index contributed by atoms with van der Waals surface area (Å²) in [7, 11) is 2.88. The molecule has 6 unspecified atom stereocenters. The number of phenols is 1. The number of carbonyl (C=O) groups is 4. The first-order valence-corrected chi connectivity index (χ1v) is 17.6. The molecule has 0 bridgehead atoms. The minimum absolute atomic E-state index is 0.153. The van der Waals surface area contributed by atoms with Gasteiger partial charge in [-0.1, -0.05) is 78.4 Å². The van der Waals surface area contributed by atoms with E-state index < -0.39 is 35.0 Å². The van der Waals surface area contributed by atoms with E-state index in [0.717, 1.165) is 10.5 Å². The van der Waals surface area contributed by atoms with Crippen molar-refractivity contribution >= 4 is 40.3 Å². The molecule has 0 radical (unpaired) electrons. The highest BCUT2D eigenvalue weighted by molar-refractivity contribution is 7.09. The summed E-state index contributed by atoms with van der Waals surface area (Å²) >= 11 is 1.49. The zero-order valence-electron chi connectivity index (χ0n) is 27.6. The number of ketones is 2. The SMILES string of the molecule is COc1cc(C2C3=CCC4C(=O)N(Cc5cccs5)C(=O)C4C3CC3C(=O)C(c4ccccc4)=CC(=O)C32c2ccccc2)cc(OC)c1O. The van der Waals surface area contributed by atoms with Crippen molar-refractivity contribution in [1.29, 1.82) is 0 Å². The summed E-state index contributed by atoms with van der Waals surface area (Å²) in [6.07, 6.45) is 4.05. The number of imide groups is 1. The second-order valence-electron chi connectivity index (χ2n) is 13.4. The minimum Gasteiger partial charge on any atom is -0.502 e. The molecule has 1 aromatic heterocycles. The van der Waals surface area contributed by atoms with Crippen molar-refractivity contribution in [2.45, 2.75) is 30.7 Å². The Morgan fingerprint density at radius 1 is 0.860 bits per heavy atom. The summed E-state index contributed by atoms with van der Waals surface area (Å²) in [5.74, 6) is -4.12. The molecule has 50 heavy (non-hydrogen) atoms. The number of nitrogens with zero attached hydrogens (tertiary/aromatic N) is 1. The van der Waals surface area contributed by atoms with Gasteiger partial charge in [-0.05, 0) is 65.1 Å². The molecule has 1 saturated carbocycles. The summed E-state index contributed by atoms with van der Waals surface area (Å²) in [5.41, 5.74) is 1.69. The number of benzene rings is 3. The van der Waals surface area contributed by atoms with E-state index in [1.54, 1.807) is 12.1 Å². The maximum absolute atomic E-state index is 15.2. The summed E-state index contributed by atoms with van der Waals surface area (Å²) in [6, 6.07) is 25.8. The summed E-state index contributed by atoms with van der Waals surface area (Å²) in [4.78, 5) is 60.9. The zero-order valence-corrected chi connectivity index (χ0v) is 28.4. The van der Waals surface area contributed by atoms with E-state index in [-0.39, 0.29) is 53.6 Å². The Hall–Kier alpha value is -5.28. The highest BCUT2D eigenvalue weighted by Crippen LogP contribution is 2.64. The number of amides is 2. The number of phenolic OH excluding ortho intramolecular Hbond substituents is 1. The number of aromatic hydroxyl groups is 1. The molecule has 8 nitrogen and oxygen atoms in total. The molecule has 1 N–H and O–H groups in total. The lowest BCUT2D eigenvalue weighted by Crippen LogP contribution is -2.58. The van der Waals surface area contributed by atoms with Gasteiger partial charge in [0.15, 0.2) is 23.1 Å². The van der Waals surface area contributed by atoms with Gasteiger partial charge >= 0.3 is 0 Å². The Labute approximate surface area is 293 Å². The molecule has 2 fully saturated rings. The quantitative estimate of drug-likeness (QED) is 0.175. The Bertz CT molecular complexity index is 2060. The van der Waals surface area contributed by atoms with E-state index in [2.05, 4.69) is 0 Å². The van der Waals surface area contributed by atoms with E-state index in [4.69, 9.17) is 9.47 Å². The number of fused-ring (bicyclic) bond motifs is 4. The summed E-state index contributed by atoms with van der Waals surface area (Å²) in [5, 5.41) is 12.9. The molecule has 3 aromatic carbocycles. The Balaban J connectivity index is 1.37. The molecule has 4 aromatic rings. The lowest BCUT2D eigenvalue weighted by atomic mass is 9.44. The van der Waals surface area contributed by atoms with Crippen molar-refractivity contribution in [3.8, 4) is 17.2 Å². The number of carbonyl (C=O) groups excluding carboxylic acids is 4. The minimum atomic E-state index is -1.40. The molecular weight excluding hydrogens is 651 g/mol. The first kappa shape index (κ1) is 32.0. The van der Waals surface area contributed by atoms with Gasteiger partial charge in [-0.15, -0.1) is 11.3 Å². The van der Waals surface area contributed by atoms with Gasteiger partial charge in [0.25, 0.3) is 0 Å². The normalized spacial score (nSPS) is 27.2. The Morgan fingerprint density at radius 2 is 1.54 bits per heavy atom. The van der Waals surface area contributed by atoms with E-state index in [1.807, 2.05) is 84.3 Å². The van der Waals surface area contributed by atoms with Crippen LogP contribution in [0.3, 0.4) is 0 Å². The highest BCUT2D eigenvalue weighted by atomic mass is 32.1. The van der Waals surface area contributed by atoms with E-state index >= 15 is 9.59 Å². The van der Waals surface area contributed by atoms with Crippen LogP contribution in [0.4, 0.5) is 0 Å². The standard InChI is InChI=1S/C41H35NO7S/c1-48-32-18-24(19-33(49-2)38(32)45)36-27-15-16-28-35(40(47)42(39(28)46)22-26-14-9-17-50-26)30(27)20-31-37(44)29(23-10-5-3-6-11-23)21-34(43)41(31,36)25-12-7-4-8-13-25/h3-15,17-19,21,28,30-31,35-36,45H,16,20,22H2,1-2H3. The van der Waals surface area contributed by atoms with Gasteiger partial charge in [0, 0.05) is 22.3 Å². The van der Waals surface area contributed by atoms with Crippen LogP contribution in [0.2, 0.25) is 0 Å². The van der Waals surface area contributed by atoms with Crippen LogP contribution in [0, 0.1) is 23.7 Å². The monoisotopic (exact) mass is 685 g/mol. The number of allylic oxidation sites excluding steroid dienone is 4. The Kier molecular flexibility index (Phi) is 7.83. The third-order valence-corrected chi connectivity index (χ3v) is 12.1. The number of thiophene rings is 1. The topological polar surface area (TPSA) is 110 Å². The summed E-state index contributed by atoms with van der Waals surface area (Å²) in [6.45, 7) is 0.204. The molecule has 9 heteroatoms. The van der Waals surface area contributed by atoms with Gasteiger partial charge in [0.2, 0.25) is 17.6 Å². The van der Waals surface area contributed by atoms with Crippen molar-refractivity contribution in [2.75, 3.05) is 14.2 Å². The van der Waals surface area contributed by atoms with Crippen molar-refractivity contribution in [2.24, 2.45) is 23.7 Å². The molecule has 1 saturated heterocycles. The second kappa shape index (κ2) is 12.2. The number of Topliss-reactive ketones (excluding diaryl/α,β-unsaturated/α-hetero) is 1. The predicted octanol–water partition coefficient (Wildman–Crippen LogP) is 6.50. The number of rotatable bonds is 7. The average Bonchev–Trinajstić information content (AvgIpc) is 3.75. The number of hydrogen-bond acceptors (Lipinski definition) is 8. The third-order valence-electron chi connectivity index (χ3n) is 11.2. The fourth-order valence-electron chi connectivity index (χ4n) is 9.11. The van der Waals surface area contributed by atoms with Crippen LogP contribution < -0.4 is 9.47 Å². The maximum atomic E-state index is 15.2. The predicted molar refractivity (Wildman–Crippen MR) is 188 cm³/mol. The fourth-order valence-corrected chi connectivity index (χ4v) is 9.80. The third kappa shape index (κ3) is 4.63. The van der Waals surface area contributed by atoms with Crippen molar-refractivity contribution in [3.63, 3.8) is 0 Å². The first-order valence-electron chi connectivity index (χ1n) is 16.7. The number of likely N-dealkylation sites (tertiary alicyclic amines) is 1. The van der Waals surface area contributed by atoms with Crippen molar-refractivity contribution < 1.29 is 33.8 Å². The molecule has 4 aliphatic rings. The largest absolute Gasteiger partial charge is 0.502 e. The fraction of sp³-hybridized carbons (Fsp3) is 0.268. The van der Waals surface area contributed by atoms with E-state index in [9.17, 15) is 14.7 Å². The van der Waals surface area contributed by atoms with Crippen LogP contribution in [0.5, 0.6) is 17.2 Å². The van der Waals surface area contributed by atoms with Crippen LogP contribution in [0.15, 0.2) is 108 Å². The number of methoxy groups -OCH3 is 2. The molecule has 0 spiro atoms. The average molecular weight is 686 g/mol. The molecule has 252 valence electrons. The lowest BCUT2D eigenvalue weighted by Gasteiger charge is -2.55. The molecule has 1 aliphatic heterocycles. The molecule has 8 rings (SSSR count). The van der Waals surface area contributed by atoms with E-state index in [0.29, 0.717) is 28.7 Å². The van der Waals surface area contributed by atoms with Gasteiger partial charge in [-0.2, -0.15) is 0 Å². The van der Waals surface area contributed by atoms with Gasteiger partial charge in [-0.25, -0.2) is 0 Å². The number of hydrogen-bond donors (Lipinski definition) is 1. The van der Waals surface area contributed by atoms with Gasteiger partial charge in [0.1, 0.15) is 0 Å². The van der Waals surface area contributed by atoms with Crippen LogP contribution in [-0.4, -0.2) is 47.6 Å². The molecule has 2 heterocycles. The van der Waals surface area contributed by atoms with Gasteiger partial charge < -0.3 is 14.6 Å². The van der Waals surface area contributed by atoms with Crippen LogP contribution in [0.1, 0.15) is 40.3 Å². The first-order chi connectivity index (χ1) is 24.3. The Morgan fingerprint density at radius 3 is 2.18 bits per heavy atom. The highest BCUT2D eigenvalue weighted by Gasteiger charge is 2.66.